The molecule has 0 radical (unpaired) electrons. The number of likely N-dealkylation sites (tertiary alicyclic amines) is 1. The van der Waals surface area contributed by atoms with Crippen molar-refractivity contribution >= 4 is 29.7 Å². The molecule has 0 bridgehead atoms. The fraction of sp³-hybridized carbons (Fsp3) is 0.737. The van der Waals surface area contributed by atoms with Crippen LogP contribution in [-0.4, -0.2) is 84.0 Å². The molecule has 11 N–H and O–H groups in total. The summed E-state index contributed by atoms with van der Waals surface area (Å²) < 4.78 is 0. The molecule has 3 amide bonds. The number of amides is 3. The van der Waals surface area contributed by atoms with Gasteiger partial charge in [-0.15, -0.1) is 0 Å². The number of nitrogens with two attached hydrogens (primary N) is 3. The largest absolute Gasteiger partial charge is 0.480 e. The van der Waals surface area contributed by atoms with Gasteiger partial charge in [0.2, 0.25) is 17.7 Å². The van der Waals surface area contributed by atoms with E-state index in [-0.39, 0.29) is 18.3 Å². The van der Waals surface area contributed by atoms with Gasteiger partial charge in [-0.2, -0.15) is 0 Å². The molecule has 0 unspecified atom stereocenters. The van der Waals surface area contributed by atoms with Gasteiger partial charge < -0.3 is 43.2 Å². The Kier molecular flexibility index (Phi) is 12.0. The molecule has 3 atom stereocenters. The van der Waals surface area contributed by atoms with Gasteiger partial charge in [0.25, 0.3) is 0 Å². The predicted octanol–water partition coefficient (Wildman–Crippen LogP) is -2.62. The number of hydrogen-bond acceptors (Lipinski definition) is 7. The molecule has 13 heteroatoms. The fourth-order valence-corrected chi connectivity index (χ4v) is 3.50. The summed E-state index contributed by atoms with van der Waals surface area (Å²) in [5.74, 6) is -2.86. The van der Waals surface area contributed by atoms with Crippen molar-refractivity contribution in [3.05, 3.63) is 0 Å². The Morgan fingerprint density at radius 2 is 1.84 bits per heavy atom. The lowest BCUT2D eigenvalue weighted by Gasteiger charge is -2.28. The van der Waals surface area contributed by atoms with Crippen molar-refractivity contribution < 1.29 is 24.3 Å². The number of carboxylic acids is 1. The molecule has 0 saturated carbocycles. The number of nitrogens with one attached hydrogen (secondary N) is 4. The van der Waals surface area contributed by atoms with E-state index in [1.54, 1.807) is 0 Å². The number of carbonyl (C=O) groups is 4. The first-order valence-corrected chi connectivity index (χ1v) is 10.8. The number of guanidine groups is 1. The summed E-state index contributed by atoms with van der Waals surface area (Å²) in [6.07, 6.45) is 3.62. The zero-order valence-corrected chi connectivity index (χ0v) is 18.3. The van der Waals surface area contributed by atoms with Crippen LogP contribution in [0.3, 0.4) is 0 Å². The van der Waals surface area contributed by atoms with Crippen LogP contribution in [0.2, 0.25) is 0 Å². The van der Waals surface area contributed by atoms with E-state index in [0.717, 1.165) is 6.42 Å². The molecule has 0 spiro atoms. The maximum absolute atomic E-state index is 12.9. The third-order valence-electron chi connectivity index (χ3n) is 5.16. The smallest absolute Gasteiger partial charge is 0.322 e. The highest BCUT2D eigenvalue weighted by Crippen LogP contribution is 2.19. The second-order valence-corrected chi connectivity index (χ2v) is 7.74. The highest BCUT2D eigenvalue weighted by molar-refractivity contribution is 5.94. The molecule has 0 aliphatic carbocycles. The Bertz CT molecular complexity index is 674. The normalized spacial score (nSPS) is 17.3. The number of carboxylic acid groups (broad SMARTS) is 1. The van der Waals surface area contributed by atoms with Gasteiger partial charge in [0.05, 0.1) is 6.04 Å². The van der Waals surface area contributed by atoms with Crippen LogP contribution in [-0.2, 0) is 19.2 Å². The minimum Gasteiger partial charge on any atom is -0.480 e. The van der Waals surface area contributed by atoms with Crippen molar-refractivity contribution in [3.8, 4) is 0 Å². The van der Waals surface area contributed by atoms with Gasteiger partial charge in [-0.3, -0.25) is 24.6 Å². The lowest BCUT2D eigenvalue weighted by molar-refractivity contribution is -0.141. The van der Waals surface area contributed by atoms with Crippen molar-refractivity contribution in [1.29, 1.82) is 5.41 Å². The summed E-state index contributed by atoms with van der Waals surface area (Å²) in [6.45, 7) is 0.644. The average molecular weight is 457 g/mol. The zero-order valence-electron chi connectivity index (χ0n) is 18.3. The number of nitrogens with zero attached hydrogens (tertiary/aromatic N) is 1. The van der Waals surface area contributed by atoms with Gasteiger partial charge in [0.1, 0.15) is 18.6 Å². The molecule has 1 aliphatic heterocycles. The van der Waals surface area contributed by atoms with Crippen molar-refractivity contribution in [2.24, 2.45) is 17.2 Å². The van der Waals surface area contributed by atoms with Crippen LogP contribution in [0.5, 0.6) is 0 Å². The molecule has 13 nitrogen and oxygen atoms in total. The summed E-state index contributed by atoms with van der Waals surface area (Å²) in [4.78, 5) is 50.3. The second-order valence-electron chi connectivity index (χ2n) is 7.74. The number of aliphatic carboxylic acids is 1. The van der Waals surface area contributed by atoms with Gasteiger partial charge in [-0.05, 0) is 45.1 Å². The summed E-state index contributed by atoms with van der Waals surface area (Å²) in [7, 11) is 0. The van der Waals surface area contributed by atoms with Crippen molar-refractivity contribution in [2.75, 3.05) is 26.2 Å². The van der Waals surface area contributed by atoms with E-state index in [0.29, 0.717) is 51.7 Å². The van der Waals surface area contributed by atoms with Crippen LogP contribution in [0.15, 0.2) is 0 Å². The minimum absolute atomic E-state index is 0.191. The molecule has 0 aromatic heterocycles. The number of rotatable bonds is 14. The minimum atomic E-state index is -1.21. The van der Waals surface area contributed by atoms with E-state index in [1.807, 2.05) is 0 Å². The van der Waals surface area contributed by atoms with Gasteiger partial charge in [0, 0.05) is 13.1 Å². The molecule has 1 heterocycles. The maximum atomic E-state index is 12.9. The van der Waals surface area contributed by atoms with Crippen molar-refractivity contribution in [3.63, 3.8) is 0 Å². The molecule has 0 aromatic rings. The van der Waals surface area contributed by atoms with E-state index in [9.17, 15) is 19.2 Å². The summed E-state index contributed by atoms with van der Waals surface area (Å²) in [6, 6.07) is -2.46. The Hall–Kier alpha value is -2.93. The zero-order chi connectivity index (χ0) is 24.1. The number of hydrogen-bond donors (Lipinski definition) is 8. The van der Waals surface area contributed by atoms with Gasteiger partial charge >= 0.3 is 5.97 Å². The van der Waals surface area contributed by atoms with Crippen LogP contribution in [0.25, 0.3) is 0 Å². The molecule has 1 fully saturated rings. The second kappa shape index (κ2) is 14.2. The summed E-state index contributed by atoms with van der Waals surface area (Å²) in [5.41, 5.74) is 16.7. The summed E-state index contributed by atoms with van der Waals surface area (Å²) >= 11 is 0. The van der Waals surface area contributed by atoms with E-state index in [4.69, 9.17) is 27.7 Å². The topological polar surface area (TPSA) is 230 Å². The number of unbranched alkanes of at least 4 members (excludes halogenated alkanes) is 1. The van der Waals surface area contributed by atoms with Gasteiger partial charge in [-0.1, -0.05) is 6.42 Å². The Labute approximate surface area is 187 Å². The first kappa shape index (κ1) is 27.1. The van der Waals surface area contributed by atoms with E-state index in [1.165, 1.54) is 4.90 Å². The van der Waals surface area contributed by atoms with E-state index < -0.39 is 42.5 Å². The molecule has 0 aromatic carbocycles. The molecule has 182 valence electrons. The van der Waals surface area contributed by atoms with E-state index >= 15 is 0 Å². The molecular formula is C19H36N8O5. The maximum Gasteiger partial charge on any atom is 0.322 e. The average Bonchev–Trinajstić information content (AvgIpc) is 3.23. The lowest BCUT2D eigenvalue weighted by Crippen LogP contribution is -2.55. The fourth-order valence-electron chi connectivity index (χ4n) is 3.50. The Morgan fingerprint density at radius 3 is 2.47 bits per heavy atom. The van der Waals surface area contributed by atoms with Crippen molar-refractivity contribution in [1.82, 2.24) is 20.9 Å². The highest BCUT2D eigenvalue weighted by atomic mass is 16.4. The Balaban J connectivity index is 2.75. The molecule has 1 rings (SSSR count). The Morgan fingerprint density at radius 1 is 1.12 bits per heavy atom. The lowest BCUT2D eigenvalue weighted by atomic mass is 10.1. The predicted molar refractivity (Wildman–Crippen MR) is 117 cm³/mol. The third kappa shape index (κ3) is 9.47. The van der Waals surface area contributed by atoms with Crippen LogP contribution < -0.4 is 33.2 Å². The summed E-state index contributed by atoms with van der Waals surface area (Å²) in [5, 5.41) is 23.4. The standard InChI is InChI=1S/C19H36N8O5/c20-8-2-1-5-12(21)18(32)27-10-4-7-14(27)17(31)26-13(6-3-9-24-19(22)23)16(30)25-11-15(28)29/h12-14H,1-11,20-21H2,(H,25,30)(H,26,31)(H,28,29)(H4,22,23,24)/t12-,13-,14-/m0/s1. The van der Waals surface area contributed by atoms with Crippen LogP contribution in [0.1, 0.15) is 44.9 Å². The SMILES string of the molecule is N=C(N)NCCC[C@H](NC(=O)[C@@H]1CCCN1C(=O)[C@@H](N)CCCCN)C(=O)NCC(=O)O. The van der Waals surface area contributed by atoms with Crippen LogP contribution >= 0.6 is 0 Å². The molecule has 32 heavy (non-hydrogen) atoms. The first-order valence-electron chi connectivity index (χ1n) is 10.8. The highest BCUT2D eigenvalue weighted by Gasteiger charge is 2.37. The quantitative estimate of drug-likeness (QED) is 0.0775. The molecule has 1 saturated heterocycles. The van der Waals surface area contributed by atoms with Gasteiger partial charge in [0.15, 0.2) is 5.96 Å². The molecule has 1 aliphatic rings. The monoisotopic (exact) mass is 456 g/mol. The van der Waals surface area contributed by atoms with Crippen LogP contribution in [0, 0.1) is 5.41 Å². The van der Waals surface area contributed by atoms with Crippen LogP contribution in [0.4, 0.5) is 0 Å². The third-order valence-corrected chi connectivity index (χ3v) is 5.16. The van der Waals surface area contributed by atoms with Gasteiger partial charge in [-0.25, -0.2) is 0 Å². The first-order chi connectivity index (χ1) is 15.2. The number of carbonyl (C=O) groups excluding carboxylic acids is 3. The van der Waals surface area contributed by atoms with E-state index in [2.05, 4.69) is 16.0 Å². The van der Waals surface area contributed by atoms with Crippen molar-refractivity contribution in [2.45, 2.75) is 63.1 Å². The molecular weight excluding hydrogens is 420 g/mol.